The summed E-state index contributed by atoms with van der Waals surface area (Å²) in [6.45, 7) is 4.22. The van der Waals surface area contributed by atoms with Crippen molar-refractivity contribution in [2.75, 3.05) is 13.6 Å². The molecule has 0 radical (unpaired) electrons. The average molecular weight is 250 g/mol. The van der Waals surface area contributed by atoms with Crippen molar-refractivity contribution >= 4 is 29.7 Å². The van der Waals surface area contributed by atoms with E-state index in [1.165, 1.54) is 0 Å². The molecule has 15 heavy (non-hydrogen) atoms. The molecule has 0 saturated heterocycles. The minimum Gasteiger partial charge on any atom is -0.346 e. The number of carbonyl (C=O) groups is 1. The van der Waals surface area contributed by atoms with Gasteiger partial charge >= 0.3 is 0 Å². The van der Waals surface area contributed by atoms with Crippen LogP contribution in [0.1, 0.15) is 23.7 Å². The number of hydrogen-bond donors (Lipinski definition) is 2. The number of rotatable bonds is 4. The van der Waals surface area contributed by atoms with Crippen molar-refractivity contribution < 1.29 is 4.79 Å². The Morgan fingerprint density at radius 2 is 2.33 bits per heavy atom. The van der Waals surface area contributed by atoms with Gasteiger partial charge in [-0.3, -0.25) is 4.79 Å². The number of likely N-dealkylation sites (N-methyl/N-ethyl adjacent to an activating group) is 1. The van der Waals surface area contributed by atoms with E-state index in [0.717, 1.165) is 10.7 Å². The molecular weight excluding hydrogens is 234 g/mol. The molecule has 0 aliphatic rings. The maximum absolute atomic E-state index is 11.2. The van der Waals surface area contributed by atoms with Crippen LogP contribution in [0.2, 0.25) is 0 Å². The number of halogens is 1. The normalized spacial score (nSPS) is 11.7. The van der Waals surface area contributed by atoms with Gasteiger partial charge in [0.15, 0.2) is 0 Å². The Kier molecular flexibility index (Phi) is 6.47. The summed E-state index contributed by atoms with van der Waals surface area (Å²) in [4.78, 5) is 15.5. The Morgan fingerprint density at radius 1 is 1.67 bits per heavy atom. The van der Waals surface area contributed by atoms with E-state index >= 15 is 0 Å². The molecule has 1 rings (SSSR count). The third kappa shape index (κ3) is 4.59. The van der Waals surface area contributed by atoms with Gasteiger partial charge in [0.1, 0.15) is 5.01 Å². The number of hydrogen-bond acceptors (Lipinski definition) is 4. The predicted octanol–water partition coefficient (Wildman–Crippen LogP) is 1.27. The molecule has 0 spiro atoms. The number of nitrogens with one attached hydrogen (secondary N) is 2. The van der Waals surface area contributed by atoms with E-state index in [-0.39, 0.29) is 24.4 Å². The molecular formula is C9H16ClN3OS. The van der Waals surface area contributed by atoms with Crippen LogP contribution in [0.15, 0.2) is 5.38 Å². The summed E-state index contributed by atoms with van der Waals surface area (Å²) in [6, 6.07) is -0.00505. The second-order valence-corrected chi connectivity index (χ2v) is 4.04. The van der Waals surface area contributed by atoms with Gasteiger partial charge in [-0.2, -0.15) is 0 Å². The number of amides is 1. The molecule has 1 aromatic rings. The smallest absolute Gasteiger partial charge is 0.234 e. The number of thiazole rings is 1. The minimum atomic E-state index is -0.00662. The van der Waals surface area contributed by atoms with Crippen molar-refractivity contribution in [2.24, 2.45) is 0 Å². The van der Waals surface area contributed by atoms with Gasteiger partial charge in [-0.25, -0.2) is 4.98 Å². The topological polar surface area (TPSA) is 54.0 Å². The van der Waals surface area contributed by atoms with E-state index in [1.54, 1.807) is 18.4 Å². The second kappa shape index (κ2) is 6.76. The van der Waals surface area contributed by atoms with E-state index in [2.05, 4.69) is 15.6 Å². The van der Waals surface area contributed by atoms with Crippen LogP contribution in [-0.4, -0.2) is 24.5 Å². The third-order valence-corrected chi connectivity index (χ3v) is 2.87. The number of aryl methyl sites for hydroxylation is 1. The molecule has 6 heteroatoms. The fourth-order valence-electron chi connectivity index (χ4n) is 1.09. The Morgan fingerprint density at radius 3 is 2.80 bits per heavy atom. The van der Waals surface area contributed by atoms with E-state index in [4.69, 9.17) is 0 Å². The van der Waals surface area contributed by atoms with Gasteiger partial charge in [-0.15, -0.1) is 23.7 Å². The summed E-state index contributed by atoms with van der Waals surface area (Å²) < 4.78 is 0. The monoisotopic (exact) mass is 249 g/mol. The van der Waals surface area contributed by atoms with Crippen molar-refractivity contribution in [1.29, 1.82) is 0 Å². The van der Waals surface area contributed by atoms with Crippen molar-refractivity contribution in [1.82, 2.24) is 15.6 Å². The highest BCUT2D eigenvalue weighted by Crippen LogP contribution is 2.16. The summed E-state index contributed by atoms with van der Waals surface area (Å²) in [5.74, 6) is -0.00662. The van der Waals surface area contributed by atoms with Crippen LogP contribution in [0, 0.1) is 6.92 Å². The zero-order chi connectivity index (χ0) is 10.6. The molecule has 0 aromatic carbocycles. The van der Waals surface area contributed by atoms with Crippen molar-refractivity contribution in [3.63, 3.8) is 0 Å². The molecule has 4 nitrogen and oxygen atoms in total. The van der Waals surface area contributed by atoms with Crippen molar-refractivity contribution in [3.8, 4) is 0 Å². The first kappa shape index (κ1) is 14.3. The first-order valence-corrected chi connectivity index (χ1v) is 5.37. The predicted molar refractivity (Wildman–Crippen MR) is 64.6 cm³/mol. The molecule has 86 valence electrons. The summed E-state index contributed by atoms with van der Waals surface area (Å²) in [5.41, 5.74) is 1.000. The summed E-state index contributed by atoms with van der Waals surface area (Å²) in [5, 5.41) is 8.59. The SMILES string of the molecule is CNCC(=O)NC(C)c1nc(C)cs1.Cl. The summed E-state index contributed by atoms with van der Waals surface area (Å²) in [6.07, 6.45) is 0. The molecule has 0 bridgehead atoms. The Balaban J connectivity index is 0.00000196. The lowest BCUT2D eigenvalue weighted by Crippen LogP contribution is -2.33. The largest absolute Gasteiger partial charge is 0.346 e. The highest BCUT2D eigenvalue weighted by molar-refractivity contribution is 7.09. The Bertz CT molecular complexity index is 316. The van der Waals surface area contributed by atoms with Crippen LogP contribution >= 0.6 is 23.7 Å². The average Bonchev–Trinajstić information content (AvgIpc) is 2.52. The lowest BCUT2D eigenvalue weighted by molar-refractivity contribution is -0.120. The maximum atomic E-state index is 11.2. The van der Waals surface area contributed by atoms with Gasteiger partial charge in [-0.1, -0.05) is 0 Å². The van der Waals surface area contributed by atoms with Crippen LogP contribution in [-0.2, 0) is 4.79 Å². The van der Waals surface area contributed by atoms with E-state index in [9.17, 15) is 4.79 Å². The van der Waals surface area contributed by atoms with Crippen LogP contribution in [0.25, 0.3) is 0 Å². The highest BCUT2D eigenvalue weighted by atomic mass is 35.5. The molecule has 1 amide bonds. The van der Waals surface area contributed by atoms with E-state index in [0.29, 0.717) is 6.54 Å². The van der Waals surface area contributed by atoms with Crippen molar-refractivity contribution in [3.05, 3.63) is 16.1 Å². The van der Waals surface area contributed by atoms with Gasteiger partial charge in [0.2, 0.25) is 5.91 Å². The summed E-state index contributed by atoms with van der Waals surface area (Å²) >= 11 is 1.57. The number of nitrogens with zero attached hydrogens (tertiary/aromatic N) is 1. The third-order valence-electron chi connectivity index (χ3n) is 1.72. The Labute approximate surface area is 99.9 Å². The van der Waals surface area contributed by atoms with Crippen molar-refractivity contribution in [2.45, 2.75) is 19.9 Å². The molecule has 0 aliphatic carbocycles. The van der Waals surface area contributed by atoms with Crippen LogP contribution < -0.4 is 10.6 Å². The molecule has 0 fully saturated rings. The van der Waals surface area contributed by atoms with Gasteiger partial charge in [0.05, 0.1) is 12.6 Å². The molecule has 1 aromatic heterocycles. The zero-order valence-corrected chi connectivity index (χ0v) is 10.7. The van der Waals surface area contributed by atoms with Gasteiger partial charge in [-0.05, 0) is 20.9 Å². The number of aromatic nitrogens is 1. The molecule has 2 N–H and O–H groups in total. The van der Waals surface area contributed by atoms with Gasteiger partial charge < -0.3 is 10.6 Å². The number of carbonyl (C=O) groups excluding carboxylic acids is 1. The zero-order valence-electron chi connectivity index (χ0n) is 9.03. The van der Waals surface area contributed by atoms with Gasteiger partial charge in [0, 0.05) is 11.1 Å². The lowest BCUT2D eigenvalue weighted by Gasteiger charge is -2.10. The first-order chi connectivity index (χ1) is 6.63. The molecule has 1 heterocycles. The first-order valence-electron chi connectivity index (χ1n) is 4.49. The quantitative estimate of drug-likeness (QED) is 0.845. The van der Waals surface area contributed by atoms with Crippen LogP contribution in [0.5, 0.6) is 0 Å². The Hall–Kier alpha value is -0.650. The van der Waals surface area contributed by atoms with E-state index < -0.39 is 0 Å². The summed E-state index contributed by atoms with van der Waals surface area (Å²) in [7, 11) is 1.75. The molecule has 0 saturated carbocycles. The fourth-order valence-corrected chi connectivity index (χ4v) is 1.89. The fraction of sp³-hybridized carbons (Fsp3) is 0.556. The lowest BCUT2D eigenvalue weighted by atomic mass is 10.3. The molecule has 0 aliphatic heterocycles. The van der Waals surface area contributed by atoms with Gasteiger partial charge in [0.25, 0.3) is 0 Å². The van der Waals surface area contributed by atoms with E-state index in [1.807, 2.05) is 19.2 Å². The molecule has 1 unspecified atom stereocenters. The second-order valence-electron chi connectivity index (χ2n) is 3.15. The highest BCUT2D eigenvalue weighted by Gasteiger charge is 2.11. The standard InChI is InChI=1S/C9H15N3OS.ClH/c1-6-5-14-9(11-6)7(2)12-8(13)4-10-3;/h5,7,10H,4H2,1-3H3,(H,12,13);1H. The van der Waals surface area contributed by atoms with Crippen LogP contribution in [0.4, 0.5) is 0 Å². The maximum Gasteiger partial charge on any atom is 0.234 e. The van der Waals surface area contributed by atoms with Crippen LogP contribution in [0.3, 0.4) is 0 Å². The molecule has 1 atom stereocenters. The minimum absolute atomic E-state index is 0.